The second-order valence-electron chi connectivity index (χ2n) is 4.28. The van der Waals surface area contributed by atoms with Gasteiger partial charge < -0.3 is 15.2 Å². The minimum absolute atomic E-state index is 0.146. The van der Waals surface area contributed by atoms with Gasteiger partial charge in [0.25, 0.3) is 0 Å². The quantitative estimate of drug-likeness (QED) is 0.774. The van der Waals surface area contributed by atoms with Crippen molar-refractivity contribution in [2.75, 3.05) is 13.7 Å². The Balaban J connectivity index is 2.60. The van der Waals surface area contributed by atoms with E-state index in [1.807, 2.05) is 31.2 Å². The van der Waals surface area contributed by atoms with Crippen LogP contribution < -0.4 is 10.1 Å². The average Bonchev–Trinajstić information content (AvgIpc) is 2.36. The van der Waals surface area contributed by atoms with Crippen molar-refractivity contribution in [3.05, 3.63) is 29.8 Å². The predicted octanol–water partition coefficient (Wildman–Crippen LogP) is 1.95. The highest BCUT2D eigenvalue weighted by Gasteiger charge is 2.19. The molecule has 0 aromatic heterocycles. The van der Waals surface area contributed by atoms with E-state index in [0.29, 0.717) is 0 Å². The first-order valence-corrected chi connectivity index (χ1v) is 5.62. The van der Waals surface area contributed by atoms with Crippen molar-refractivity contribution in [1.82, 2.24) is 5.32 Å². The molecule has 0 saturated heterocycles. The smallest absolute Gasteiger partial charge is 0.119 e. The van der Waals surface area contributed by atoms with Gasteiger partial charge in [-0.05, 0) is 31.0 Å². The van der Waals surface area contributed by atoms with E-state index in [1.165, 1.54) is 0 Å². The van der Waals surface area contributed by atoms with E-state index in [4.69, 9.17) is 4.74 Å². The van der Waals surface area contributed by atoms with Crippen molar-refractivity contribution < 1.29 is 9.84 Å². The Hall–Kier alpha value is -1.06. The molecule has 0 amide bonds. The molecule has 3 heteroatoms. The molecule has 3 nitrogen and oxygen atoms in total. The lowest BCUT2D eigenvalue weighted by Gasteiger charge is -2.27. The van der Waals surface area contributed by atoms with E-state index >= 15 is 0 Å². The Kier molecular flexibility index (Phi) is 4.77. The number of methoxy groups -OCH3 is 1. The molecule has 0 radical (unpaired) electrons. The van der Waals surface area contributed by atoms with Crippen molar-refractivity contribution in [3.8, 4) is 5.75 Å². The fourth-order valence-electron chi connectivity index (χ4n) is 1.39. The van der Waals surface area contributed by atoms with Gasteiger partial charge in [0.2, 0.25) is 0 Å². The third-order valence-electron chi connectivity index (χ3n) is 2.98. The summed E-state index contributed by atoms with van der Waals surface area (Å²) in [4.78, 5) is 0. The molecule has 1 unspecified atom stereocenters. The van der Waals surface area contributed by atoms with Crippen LogP contribution in [0, 0.1) is 0 Å². The second-order valence-corrected chi connectivity index (χ2v) is 4.28. The summed E-state index contributed by atoms with van der Waals surface area (Å²) in [6, 6.07) is 7.94. The molecule has 0 aliphatic rings. The summed E-state index contributed by atoms with van der Waals surface area (Å²) < 4.78 is 5.16. The van der Waals surface area contributed by atoms with Crippen molar-refractivity contribution in [3.63, 3.8) is 0 Å². The third kappa shape index (κ3) is 3.51. The van der Waals surface area contributed by atoms with Gasteiger partial charge in [-0.1, -0.05) is 19.1 Å². The average molecular weight is 223 g/mol. The van der Waals surface area contributed by atoms with E-state index in [2.05, 4.69) is 12.2 Å². The van der Waals surface area contributed by atoms with Crippen LogP contribution in [-0.2, 0) is 6.54 Å². The van der Waals surface area contributed by atoms with E-state index in [0.717, 1.165) is 24.3 Å². The molecule has 1 atom stereocenters. The summed E-state index contributed by atoms with van der Waals surface area (Å²) in [5, 5.41) is 12.6. The zero-order valence-electron chi connectivity index (χ0n) is 10.3. The Morgan fingerprint density at radius 3 is 2.75 bits per heavy atom. The number of aliphatic hydroxyl groups excluding tert-OH is 1. The molecule has 16 heavy (non-hydrogen) atoms. The number of nitrogens with one attached hydrogen (secondary N) is 1. The Labute approximate surface area is 97.4 Å². The first-order chi connectivity index (χ1) is 7.63. The molecule has 0 saturated carbocycles. The van der Waals surface area contributed by atoms with Gasteiger partial charge in [0, 0.05) is 12.1 Å². The zero-order chi connectivity index (χ0) is 12.0. The highest BCUT2D eigenvalue weighted by molar-refractivity contribution is 5.28. The monoisotopic (exact) mass is 223 g/mol. The maximum Gasteiger partial charge on any atom is 0.119 e. The fraction of sp³-hybridized carbons (Fsp3) is 0.538. The topological polar surface area (TPSA) is 41.5 Å². The molecule has 0 spiro atoms. The first kappa shape index (κ1) is 13.0. The summed E-state index contributed by atoms with van der Waals surface area (Å²) in [7, 11) is 1.66. The van der Waals surface area contributed by atoms with Gasteiger partial charge in [-0.2, -0.15) is 0 Å². The molecule has 0 heterocycles. The molecule has 0 aliphatic carbocycles. The van der Waals surface area contributed by atoms with Crippen molar-refractivity contribution in [1.29, 1.82) is 0 Å². The molecular formula is C13H21NO2. The van der Waals surface area contributed by atoms with Gasteiger partial charge in [-0.15, -0.1) is 0 Å². The number of rotatable bonds is 6. The number of benzene rings is 1. The molecule has 1 rings (SSSR count). The summed E-state index contributed by atoms with van der Waals surface area (Å²) in [5.41, 5.74) is 0.954. The molecule has 2 N–H and O–H groups in total. The molecule has 90 valence electrons. The van der Waals surface area contributed by atoms with E-state index in [1.54, 1.807) is 7.11 Å². The SMILES string of the molecule is CCC(C)(CO)NCc1cccc(OC)c1. The van der Waals surface area contributed by atoms with Crippen molar-refractivity contribution >= 4 is 0 Å². The van der Waals surface area contributed by atoms with Gasteiger partial charge >= 0.3 is 0 Å². The molecule has 1 aromatic rings. The largest absolute Gasteiger partial charge is 0.497 e. The molecule has 0 fully saturated rings. The van der Waals surface area contributed by atoms with E-state index in [9.17, 15) is 5.11 Å². The number of hydrogen-bond acceptors (Lipinski definition) is 3. The van der Waals surface area contributed by atoms with Crippen LogP contribution in [0.25, 0.3) is 0 Å². The van der Waals surface area contributed by atoms with Crippen LogP contribution in [0.5, 0.6) is 5.75 Å². The number of aliphatic hydroxyl groups is 1. The lowest BCUT2D eigenvalue weighted by Crippen LogP contribution is -2.44. The Morgan fingerprint density at radius 2 is 2.19 bits per heavy atom. The minimum Gasteiger partial charge on any atom is -0.497 e. The van der Waals surface area contributed by atoms with Crippen LogP contribution in [0.2, 0.25) is 0 Å². The third-order valence-corrected chi connectivity index (χ3v) is 2.98. The Bertz CT molecular complexity index is 321. The lowest BCUT2D eigenvalue weighted by molar-refractivity contribution is 0.169. The highest BCUT2D eigenvalue weighted by atomic mass is 16.5. The van der Waals surface area contributed by atoms with E-state index in [-0.39, 0.29) is 12.1 Å². The summed E-state index contributed by atoms with van der Waals surface area (Å²) in [6.07, 6.45) is 0.896. The summed E-state index contributed by atoms with van der Waals surface area (Å²) in [5.74, 6) is 0.863. The number of hydrogen-bond donors (Lipinski definition) is 2. The predicted molar refractivity (Wildman–Crippen MR) is 65.6 cm³/mol. The van der Waals surface area contributed by atoms with Crippen molar-refractivity contribution in [2.45, 2.75) is 32.4 Å². The summed E-state index contributed by atoms with van der Waals surface area (Å²) >= 11 is 0. The van der Waals surface area contributed by atoms with Crippen molar-refractivity contribution in [2.24, 2.45) is 0 Å². The van der Waals surface area contributed by atoms with Gasteiger partial charge in [0.1, 0.15) is 5.75 Å². The van der Waals surface area contributed by atoms with Gasteiger partial charge in [0.15, 0.2) is 0 Å². The lowest BCUT2D eigenvalue weighted by atomic mass is 10.00. The maximum atomic E-state index is 9.28. The van der Waals surface area contributed by atoms with Crippen LogP contribution >= 0.6 is 0 Å². The summed E-state index contributed by atoms with van der Waals surface area (Å²) in [6.45, 7) is 4.97. The molecule has 1 aromatic carbocycles. The minimum atomic E-state index is -0.205. The molecule has 0 aliphatic heterocycles. The van der Waals surface area contributed by atoms with Crippen LogP contribution in [0.1, 0.15) is 25.8 Å². The van der Waals surface area contributed by atoms with Crippen LogP contribution in [0.15, 0.2) is 24.3 Å². The van der Waals surface area contributed by atoms with Crippen LogP contribution in [0.4, 0.5) is 0 Å². The first-order valence-electron chi connectivity index (χ1n) is 5.62. The van der Waals surface area contributed by atoms with Crippen LogP contribution in [-0.4, -0.2) is 24.4 Å². The maximum absolute atomic E-state index is 9.28. The van der Waals surface area contributed by atoms with Gasteiger partial charge in [-0.3, -0.25) is 0 Å². The number of ether oxygens (including phenoxy) is 1. The normalized spacial score (nSPS) is 14.5. The van der Waals surface area contributed by atoms with Crippen LogP contribution in [0.3, 0.4) is 0 Å². The van der Waals surface area contributed by atoms with Gasteiger partial charge in [-0.25, -0.2) is 0 Å². The van der Waals surface area contributed by atoms with Gasteiger partial charge in [0.05, 0.1) is 13.7 Å². The molecular weight excluding hydrogens is 202 g/mol. The zero-order valence-corrected chi connectivity index (χ0v) is 10.3. The Morgan fingerprint density at radius 1 is 1.44 bits per heavy atom. The molecule has 0 bridgehead atoms. The standard InChI is InChI=1S/C13H21NO2/c1-4-13(2,10-15)14-9-11-6-5-7-12(8-11)16-3/h5-8,14-15H,4,9-10H2,1-3H3. The second kappa shape index (κ2) is 5.87. The fourth-order valence-corrected chi connectivity index (χ4v) is 1.39. The van der Waals surface area contributed by atoms with E-state index < -0.39 is 0 Å². The highest BCUT2D eigenvalue weighted by Crippen LogP contribution is 2.14.